The standard InChI is InChI=1S/C19H17FN2OS2/c1-4-9-21-18(23)17(25-19(21)24)11-14-10-12(2)22(13(14)3)16-7-5-15(20)6-8-16/h4-8,10-11H,1,9H2,2-3H3/b17-11-. The van der Waals surface area contributed by atoms with Crippen molar-refractivity contribution in [3.8, 4) is 5.69 Å². The lowest BCUT2D eigenvalue weighted by Gasteiger charge is -2.10. The predicted octanol–water partition coefficient (Wildman–Crippen LogP) is 4.62. The highest BCUT2D eigenvalue weighted by Crippen LogP contribution is 2.33. The molecule has 1 aliphatic rings. The topological polar surface area (TPSA) is 25.2 Å². The smallest absolute Gasteiger partial charge is 0.266 e. The maximum Gasteiger partial charge on any atom is 0.266 e. The Morgan fingerprint density at radius 3 is 2.60 bits per heavy atom. The molecule has 25 heavy (non-hydrogen) atoms. The van der Waals surface area contributed by atoms with Crippen molar-refractivity contribution < 1.29 is 9.18 Å². The predicted molar refractivity (Wildman–Crippen MR) is 105 cm³/mol. The number of hydrogen-bond acceptors (Lipinski definition) is 3. The number of benzene rings is 1. The van der Waals surface area contributed by atoms with Gasteiger partial charge in [-0.3, -0.25) is 9.69 Å². The van der Waals surface area contributed by atoms with Crippen LogP contribution in [0.3, 0.4) is 0 Å². The second-order valence-electron chi connectivity index (χ2n) is 5.72. The van der Waals surface area contributed by atoms with E-state index in [0.29, 0.717) is 15.8 Å². The molecule has 2 heterocycles. The number of nitrogens with zero attached hydrogens (tertiary/aromatic N) is 2. The Morgan fingerprint density at radius 2 is 1.96 bits per heavy atom. The lowest BCUT2D eigenvalue weighted by molar-refractivity contribution is -0.121. The van der Waals surface area contributed by atoms with Crippen molar-refractivity contribution in [1.82, 2.24) is 9.47 Å². The minimum absolute atomic E-state index is 0.0958. The Hall–Kier alpha value is -2.18. The van der Waals surface area contributed by atoms with Gasteiger partial charge in [-0.1, -0.05) is 30.1 Å². The third-order valence-electron chi connectivity index (χ3n) is 4.03. The third kappa shape index (κ3) is 3.32. The minimum Gasteiger partial charge on any atom is -0.318 e. The largest absolute Gasteiger partial charge is 0.318 e. The van der Waals surface area contributed by atoms with E-state index in [1.54, 1.807) is 18.2 Å². The van der Waals surface area contributed by atoms with Gasteiger partial charge >= 0.3 is 0 Å². The van der Waals surface area contributed by atoms with Gasteiger partial charge in [0.2, 0.25) is 0 Å². The van der Waals surface area contributed by atoms with Gasteiger partial charge in [0.25, 0.3) is 5.91 Å². The Labute approximate surface area is 155 Å². The lowest BCUT2D eigenvalue weighted by atomic mass is 10.2. The highest BCUT2D eigenvalue weighted by Gasteiger charge is 2.31. The number of aryl methyl sites for hydroxylation is 1. The molecule has 0 radical (unpaired) electrons. The molecular weight excluding hydrogens is 355 g/mol. The quantitative estimate of drug-likeness (QED) is 0.445. The van der Waals surface area contributed by atoms with Crippen molar-refractivity contribution >= 4 is 40.3 Å². The zero-order chi connectivity index (χ0) is 18.1. The summed E-state index contributed by atoms with van der Waals surface area (Å²) >= 11 is 6.57. The van der Waals surface area contributed by atoms with Crippen LogP contribution in [0, 0.1) is 19.7 Å². The van der Waals surface area contributed by atoms with E-state index in [9.17, 15) is 9.18 Å². The Balaban J connectivity index is 1.99. The number of amides is 1. The SMILES string of the molecule is C=CCN1C(=O)/C(=C/c2cc(C)n(-c3ccc(F)cc3)c2C)SC1=S. The van der Waals surface area contributed by atoms with Crippen LogP contribution in [-0.2, 0) is 4.79 Å². The first-order valence-electron chi connectivity index (χ1n) is 7.73. The van der Waals surface area contributed by atoms with Crippen molar-refractivity contribution in [3.63, 3.8) is 0 Å². The van der Waals surface area contributed by atoms with Crippen molar-refractivity contribution in [2.75, 3.05) is 6.54 Å². The molecule has 0 N–H and O–H groups in total. The first kappa shape index (κ1) is 17.6. The molecule has 0 saturated carbocycles. The molecule has 0 bridgehead atoms. The fourth-order valence-electron chi connectivity index (χ4n) is 2.85. The first-order chi connectivity index (χ1) is 11.9. The average Bonchev–Trinajstić information content (AvgIpc) is 3.00. The molecule has 0 unspecified atom stereocenters. The lowest BCUT2D eigenvalue weighted by Crippen LogP contribution is -2.27. The summed E-state index contributed by atoms with van der Waals surface area (Å²) in [4.78, 5) is 14.6. The second-order valence-corrected chi connectivity index (χ2v) is 7.40. The van der Waals surface area contributed by atoms with E-state index in [1.807, 2.05) is 30.6 Å². The molecular formula is C19H17FN2OS2. The molecule has 1 amide bonds. The van der Waals surface area contributed by atoms with Crippen LogP contribution in [0.5, 0.6) is 0 Å². The van der Waals surface area contributed by atoms with Gasteiger partial charge in [0, 0.05) is 23.6 Å². The van der Waals surface area contributed by atoms with Crippen LogP contribution in [0.1, 0.15) is 17.0 Å². The molecule has 0 spiro atoms. The van der Waals surface area contributed by atoms with Gasteiger partial charge in [-0.2, -0.15) is 0 Å². The van der Waals surface area contributed by atoms with Crippen LogP contribution in [-0.4, -0.2) is 26.2 Å². The monoisotopic (exact) mass is 372 g/mol. The number of thioether (sulfide) groups is 1. The van der Waals surface area contributed by atoms with E-state index < -0.39 is 0 Å². The number of carbonyl (C=O) groups is 1. The maximum absolute atomic E-state index is 13.2. The van der Waals surface area contributed by atoms with Gasteiger partial charge in [0.1, 0.15) is 10.1 Å². The molecule has 0 atom stereocenters. The van der Waals surface area contributed by atoms with Gasteiger partial charge in [0.15, 0.2) is 0 Å². The molecule has 1 aliphatic heterocycles. The summed E-state index contributed by atoms with van der Waals surface area (Å²) in [7, 11) is 0. The van der Waals surface area contributed by atoms with Crippen LogP contribution < -0.4 is 0 Å². The number of halogens is 1. The zero-order valence-corrected chi connectivity index (χ0v) is 15.6. The van der Waals surface area contributed by atoms with Crippen LogP contribution in [0.25, 0.3) is 11.8 Å². The average molecular weight is 372 g/mol. The summed E-state index contributed by atoms with van der Waals surface area (Å²) in [6.07, 6.45) is 3.53. The van der Waals surface area contributed by atoms with Crippen LogP contribution in [0.2, 0.25) is 0 Å². The molecule has 1 saturated heterocycles. The molecule has 1 aromatic heterocycles. The summed E-state index contributed by atoms with van der Waals surface area (Å²) in [6.45, 7) is 8.03. The van der Waals surface area contributed by atoms with Crippen LogP contribution in [0.15, 0.2) is 47.9 Å². The third-order valence-corrected chi connectivity index (χ3v) is 5.40. The summed E-state index contributed by atoms with van der Waals surface area (Å²) in [5, 5.41) is 0. The number of carbonyl (C=O) groups excluding carboxylic acids is 1. The Bertz CT molecular complexity index is 897. The maximum atomic E-state index is 13.2. The normalized spacial score (nSPS) is 16.1. The second kappa shape index (κ2) is 6.98. The molecule has 128 valence electrons. The molecule has 3 nitrogen and oxygen atoms in total. The summed E-state index contributed by atoms with van der Waals surface area (Å²) in [5.41, 5.74) is 3.83. The van der Waals surface area contributed by atoms with E-state index in [1.165, 1.54) is 28.8 Å². The Kier molecular flexibility index (Phi) is 4.92. The van der Waals surface area contributed by atoms with Gasteiger partial charge in [-0.15, -0.1) is 6.58 Å². The number of hydrogen-bond donors (Lipinski definition) is 0. The molecule has 6 heteroatoms. The van der Waals surface area contributed by atoms with E-state index in [4.69, 9.17) is 12.2 Å². The van der Waals surface area contributed by atoms with Gasteiger partial charge in [-0.25, -0.2) is 4.39 Å². The molecule has 0 aliphatic carbocycles. The summed E-state index contributed by atoms with van der Waals surface area (Å²) in [5.74, 6) is -0.362. The van der Waals surface area contributed by atoms with Gasteiger partial charge < -0.3 is 4.57 Å². The number of thiocarbonyl (C=S) groups is 1. The highest BCUT2D eigenvalue weighted by atomic mass is 32.2. The Morgan fingerprint density at radius 1 is 1.28 bits per heavy atom. The fraction of sp³-hybridized carbons (Fsp3) is 0.158. The number of aromatic nitrogens is 1. The summed E-state index contributed by atoms with van der Waals surface area (Å²) in [6, 6.07) is 8.37. The molecule has 1 aromatic carbocycles. The molecule has 1 fully saturated rings. The van der Waals surface area contributed by atoms with Crippen molar-refractivity contribution in [2.24, 2.45) is 0 Å². The minimum atomic E-state index is -0.266. The van der Waals surface area contributed by atoms with Crippen molar-refractivity contribution in [2.45, 2.75) is 13.8 Å². The van der Waals surface area contributed by atoms with Crippen molar-refractivity contribution in [3.05, 3.63) is 70.7 Å². The number of rotatable bonds is 4. The summed E-state index contributed by atoms with van der Waals surface area (Å²) < 4.78 is 15.8. The molecule has 2 aromatic rings. The zero-order valence-electron chi connectivity index (χ0n) is 14.0. The van der Waals surface area contributed by atoms with Crippen LogP contribution in [0.4, 0.5) is 4.39 Å². The van der Waals surface area contributed by atoms with Gasteiger partial charge in [0.05, 0.1) is 4.91 Å². The van der Waals surface area contributed by atoms with E-state index in [2.05, 4.69) is 6.58 Å². The van der Waals surface area contributed by atoms with E-state index in [-0.39, 0.29) is 11.7 Å². The molecule has 3 rings (SSSR count). The fourth-order valence-corrected chi connectivity index (χ4v) is 4.11. The van der Waals surface area contributed by atoms with E-state index in [0.717, 1.165) is 22.6 Å². The van der Waals surface area contributed by atoms with E-state index >= 15 is 0 Å². The highest BCUT2D eigenvalue weighted by molar-refractivity contribution is 8.26. The van der Waals surface area contributed by atoms with Crippen LogP contribution >= 0.6 is 24.0 Å². The van der Waals surface area contributed by atoms with Crippen molar-refractivity contribution in [1.29, 1.82) is 0 Å². The van der Waals surface area contributed by atoms with Gasteiger partial charge in [-0.05, 0) is 55.8 Å². The first-order valence-corrected chi connectivity index (χ1v) is 8.96.